The lowest BCUT2D eigenvalue weighted by Gasteiger charge is -2.15. The van der Waals surface area contributed by atoms with Crippen LogP contribution in [0, 0.1) is 0 Å². The van der Waals surface area contributed by atoms with Gasteiger partial charge in [0.2, 0.25) is 0 Å². The van der Waals surface area contributed by atoms with E-state index < -0.39 is 5.92 Å². The van der Waals surface area contributed by atoms with E-state index in [1.165, 1.54) is 12.1 Å². The Kier molecular flexibility index (Phi) is 7.32. The smallest absolute Gasteiger partial charge is 0.228 e. The van der Waals surface area contributed by atoms with Crippen LogP contribution in [0.3, 0.4) is 0 Å². The van der Waals surface area contributed by atoms with Gasteiger partial charge in [0, 0.05) is 44.5 Å². The lowest BCUT2D eigenvalue weighted by Crippen LogP contribution is -2.11. The molecule has 0 fully saturated rings. The Balaban J connectivity index is 1.14. The lowest BCUT2D eigenvalue weighted by atomic mass is 10.0. The van der Waals surface area contributed by atoms with Crippen molar-refractivity contribution in [3.63, 3.8) is 0 Å². The van der Waals surface area contributed by atoms with Gasteiger partial charge in [0.25, 0.3) is 5.92 Å². The molecular weight excluding hydrogens is 637 g/mol. The summed E-state index contributed by atoms with van der Waals surface area (Å²) in [7, 11) is 0. The summed E-state index contributed by atoms with van der Waals surface area (Å²) in [5, 5.41) is 0. The van der Waals surface area contributed by atoms with Gasteiger partial charge in [0.1, 0.15) is 0 Å². The Labute approximate surface area is 293 Å². The molecule has 2 aromatic heterocycles. The van der Waals surface area contributed by atoms with Crippen LogP contribution in [0.5, 0.6) is 0 Å². The van der Waals surface area contributed by atoms with Crippen LogP contribution >= 0.6 is 0 Å². The third-order valence-corrected chi connectivity index (χ3v) is 9.09. The quantitative estimate of drug-likeness (QED) is 0.177. The molecule has 0 saturated carbocycles. The average Bonchev–Trinajstić information content (AvgIpc) is 3.43. The number of hydrogen-bond acceptors (Lipinski definition) is 5. The van der Waals surface area contributed by atoms with Crippen molar-refractivity contribution in [1.82, 2.24) is 24.9 Å². The molecule has 9 rings (SSSR count). The molecule has 7 heteroatoms. The van der Waals surface area contributed by atoms with Gasteiger partial charge in [-0.3, -0.25) is 0 Å². The van der Waals surface area contributed by atoms with Crippen LogP contribution in [-0.4, -0.2) is 24.9 Å². The van der Waals surface area contributed by atoms with E-state index in [0.717, 1.165) is 22.3 Å². The van der Waals surface area contributed by atoms with Crippen molar-refractivity contribution in [2.75, 3.05) is 0 Å². The van der Waals surface area contributed by atoms with Gasteiger partial charge in [-0.15, -0.1) is 0 Å². The maximum Gasteiger partial charge on any atom is 0.299 e. The fraction of sp³-hybridized carbons (Fsp3) is 0.0227. The molecule has 0 saturated heterocycles. The number of rotatable bonds is 6. The molecule has 0 radical (unpaired) electrons. The molecule has 242 valence electrons. The number of alkyl halides is 2. The number of halogens is 2. The molecule has 0 atom stereocenters. The van der Waals surface area contributed by atoms with Gasteiger partial charge in [-0.05, 0) is 29.3 Å². The summed E-state index contributed by atoms with van der Waals surface area (Å²) in [6.07, 6.45) is 0. The summed E-state index contributed by atoms with van der Waals surface area (Å²) in [5.41, 5.74) is 6.59. The summed E-state index contributed by atoms with van der Waals surface area (Å²) in [6, 6.07) is 50.8. The minimum atomic E-state index is -3.28. The van der Waals surface area contributed by atoms with E-state index in [-0.39, 0.29) is 11.1 Å². The fourth-order valence-electron chi connectivity index (χ4n) is 6.53. The molecule has 1 aliphatic carbocycles. The van der Waals surface area contributed by atoms with Crippen molar-refractivity contribution in [2.24, 2.45) is 0 Å². The molecule has 51 heavy (non-hydrogen) atoms. The van der Waals surface area contributed by atoms with Crippen molar-refractivity contribution >= 4 is 0 Å². The van der Waals surface area contributed by atoms with Crippen molar-refractivity contribution in [3.05, 3.63) is 175 Å². The van der Waals surface area contributed by atoms with E-state index >= 15 is 8.78 Å². The van der Waals surface area contributed by atoms with Crippen molar-refractivity contribution < 1.29 is 8.78 Å². The Hall–Kier alpha value is -6.73. The molecule has 0 bridgehead atoms. The predicted octanol–water partition coefficient (Wildman–Crippen LogP) is 10.8. The molecule has 6 aromatic carbocycles. The summed E-state index contributed by atoms with van der Waals surface area (Å²) in [6.45, 7) is 0. The number of hydrogen-bond donors (Lipinski definition) is 0. The number of benzene rings is 6. The number of nitrogens with zero attached hydrogens (tertiary/aromatic N) is 5. The van der Waals surface area contributed by atoms with E-state index in [2.05, 4.69) is 0 Å². The Morgan fingerprint density at radius 1 is 0.314 bits per heavy atom. The standard InChI is InChI=1S/C44H27F2N5/c45-44(46)36-25-32(42-47-38(28-13-5-1-6-14-28)27-39(48-42)29-15-7-2-8-16-29)21-23-34(36)35-24-22-33(26-37(35)44)43-50-40(30-17-9-3-10-18-30)49-41(51-43)31-19-11-4-12-20-31/h1-27H. The minimum Gasteiger partial charge on any atom is -0.228 e. The molecule has 0 N–H and O–H groups in total. The van der Waals surface area contributed by atoms with Gasteiger partial charge in [0.05, 0.1) is 11.4 Å². The topological polar surface area (TPSA) is 64.5 Å². The van der Waals surface area contributed by atoms with E-state index in [4.69, 9.17) is 24.9 Å². The fourth-order valence-corrected chi connectivity index (χ4v) is 6.53. The maximum atomic E-state index is 16.6. The summed E-state index contributed by atoms with van der Waals surface area (Å²) >= 11 is 0. The van der Waals surface area contributed by atoms with Crippen molar-refractivity contribution in [1.29, 1.82) is 0 Å². The zero-order valence-electron chi connectivity index (χ0n) is 27.1. The largest absolute Gasteiger partial charge is 0.299 e. The van der Waals surface area contributed by atoms with E-state index in [1.54, 1.807) is 18.2 Å². The first kappa shape index (κ1) is 30.3. The molecule has 5 nitrogen and oxygen atoms in total. The number of fused-ring (bicyclic) bond motifs is 3. The first-order valence-corrected chi connectivity index (χ1v) is 16.6. The van der Waals surface area contributed by atoms with Crippen LogP contribution in [-0.2, 0) is 5.92 Å². The summed E-state index contributed by atoms with van der Waals surface area (Å²) in [4.78, 5) is 24.0. The molecular formula is C44H27F2N5. The first-order chi connectivity index (χ1) is 25.0. The van der Waals surface area contributed by atoms with Gasteiger partial charge in [-0.1, -0.05) is 146 Å². The van der Waals surface area contributed by atoms with E-state index in [1.807, 2.05) is 133 Å². The molecule has 8 aromatic rings. The molecule has 0 spiro atoms. The average molecular weight is 664 g/mol. The summed E-state index contributed by atoms with van der Waals surface area (Å²) in [5.74, 6) is -1.66. The second-order valence-corrected chi connectivity index (χ2v) is 12.3. The highest BCUT2D eigenvalue weighted by Gasteiger charge is 2.45. The molecule has 0 amide bonds. The minimum absolute atomic E-state index is 0.0901. The zero-order valence-corrected chi connectivity index (χ0v) is 27.1. The first-order valence-electron chi connectivity index (χ1n) is 16.6. The Morgan fingerprint density at radius 2 is 0.647 bits per heavy atom. The maximum absolute atomic E-state index is 16.6. The molecule has 0 unspecified atom stereocenters. The van der Waals surface area contributed by atoms with Crippen molar-refractivity contribution in [2.45, 2.75) is 5.92 Å². The van der Waals surface area contributed by atoms with Crippen LogP contribution in [0.15, 0.2) is 164 Å². The lowest BCUT2D eigenvalue weighted by molar-refractivity contribution is 0.0481. The molecule has 1 aliphatic rings. The van der Waals surface area contributed by atoms with Crippen LogP contribution < -0.4 is 0 Å². The Bertz CT molecular complexity index is 2250. The Morgan fingerprint density at radius 3 is 1.04 bits per heavy atom. The number of aromatic nitrogens is 5. The predicted molar refractivity (Wildman–Crippen MR) is 196 cm³/mol. The van der Waals surface area contributed by atoms with Gasteiger partial charge in [-0.2, -0.15) is 8.78 Å². The zero-order chi connectivity index (χ0) is 34.4. The van der Waals surface area contributed by atoms with Crippen LogP contribution in [0.25, 0.3) is 79.2 Å². The highest BCUT2D eigenvalue weighted by atomic mass is 19.3. The highest BCUT2D eigenvalue weighted by Crippen LogP contribution is 2.52. The van der Waals surface area contributed by atoms with Crippen molar-refractivity contribution in [3.8, 4) is 79.2 Å². The summed E-state index contributed by atoms with van der Waals surface area (Å²) < 4.78 is 33.2. The van der Waals surface area contributed by atoms with Crippen LogP contribution in [0.4, 0.5) is 8.78 Å². The van der Waals surface area contributed by atoms with Gasteiger partial charge >= 0.3 is 0 Å². The third kappa shape index (κ3) is 5.55. The SMILES string of the molecule is FC1(F)c2cc(-c3nc(-c4ccccc4)cc(-c4ccccc4)n3)ccc2-c2ccc(-c3nc(-c4ccccc4)nc(-c4ccccc4)n3)cc21. The van der Waals surface area contributed by atoms with E-state index in [9.17, 15) is 0 Å². The van der Waals surface area contributed by atoms with Gasteiger partial charge in [-0.25, -0.2) is 24.9 Å². The van der Waals surface area contributed by atoms with Gasteiger partial charge < -0.3 is 0 Å². The van der Waals surface area contributed by atoms with Gasteiger partial charge in [0.15, 0.2) is 23.3 Å². The van der Waals surface area contributed by atoms with Crippen LogP contribution in [0.2, 0.25) is 0 Å². The highest BCUT2D eigenvalue weighted by molar-refractivity contribution is 5.84. The normalized spacial score (nSPS) is 12.7. The molecule has 2 heterocycles. The van der Waals surface area contributed by atoms with Crippen LogP contribution in [0.1, 0.15) is 11.1 Å². The second-order valence-electron chi connectivity index (χ2n) is 12.3. The monoisotopic (exact) mass is 663 g/mol. The third-order valence-electron chi connectivity index (χ3n) is 9.09. The second kappa shape index (κ2) is 12.3. The van der Waals surface area contributed by atoms with E-state index in [0.29, 0.717) is 56.9 Å². The molecule has 0 aliphatic heterocycles.